The molecule has 29 heavy (non-hydrogen) atoms. The molecule has 0 saturated carbocycles. The number of carbonyl (C=O) groups excluding carboxylic acids is 2. The molecule has 1 fully saturated rings. The lowest BCUT2D eigenvalue weighted by Crippen LogP contribution is -2.34. The van der Waals surface area contributed by atoms with Crippen LogP contribution in [0, 0.1) is 0 Å². The molecule has 8 heteroatoms. The van der Waals surface area contributed by atoms with Gasteiger partial charge in [0.25, 0.3) is 5.91 Å². The molecule has 1 amide bonds. The first-order valence-corrected chi connectivity index (χ1v) is 10.5. The van der Waals surface area contributed by atoms with Crippen molar-refractivity contribution in [2.75, 3.05) is 13.2 Å². The maximum absolute atomic E-state index is 12.5. The van der Waals surface area contributed by atoms with Crippen LogP contribution in [0.3, 0.4) is 0 Å². The molecule has 0 aromatic heterocycles. The summed E-state index contributed by atoms with van der Waals surface area (Å²) in [6, 6.07) is 14.8. The van der Waals surface area contributed by atoms with Gasteiger partial charge in [-0.05, 0) is 36.8 Å². The predicted octanol–water partition coefficient (Wildman–Crippen LogP) is 4.68. The first kappa shape index (κ1) is 21.4. The van der Waals surface area contributed by atoms with Crippen molar-refractivity contribution in [3.8, 4) is 5.75 Å². The van der Waals surface area contributed by atoms with E-state index in [1.54, 1.807) is 13.0 Å². The summed E-state index contributed by atoms with van der Waals surface area (Å²) in [5, 5.41) is 0.661. The number of benzene rings is 2. The van der Waals surface area contributed by atoms with Crippen LogP contribution in [0.2, 0.25) is 5.02 Å². The number of nitrogens with zero attached hydrogens (tertiary/aromatic N) is 1. The quantitative estimate of drug-likeness (QED) is 0.349. The maximum atomic E-state index is 12.5. The number of thioether (sulfide) groups is 1. The van der Waals surface area contributed by atoms with Crippen molar-refractivity contribution in [1.29, 1.82) is 0 Å². The average Bonchev–Trinajstić information content (AvgIpc) is 2.96. The molecule has 1 aliphatic rings. The summed E-state index contributed by atoms with van der Waals surface area (Å²) < 4.78 is 11.0. The highest BCUT2D eigenvalue weighted by atomic mass is 35.5. The second-order valence-corrected chi connectivity index (χ2v) is 8.10. The van der Waals surface area contributed by atoms with Gasteiger partial charge in [-0.25, -0.2) is 0 Å². The van der Waals surface area contributed by atoms with Gasteiger partial charge in [-0.3, -0.25) is 14.5 Å². The minimum atomic E-state index is -0.481. The largest absolute Gasteiger partial charge is 0.489 e. The van der Waals surface area contributed by atoms with Crippen LogP contribution in [0.1, 0.15) is 18.1 Å². The molecule has 0 radical (unpaired) electrons. The molecule has 1 heterocycles. The molecule has 0 atom stereocenters. The zero-order chi connectivity index (χ0) is 20.8. The molecule has 1 saturated heterocycles. The van der Waals surface area contributed by atoms with E-state index in [2.05, 4.69) is 0 Å². The second-order valence-electron chi connectivity index (χ2n) is 6.02. The normalized spacial score (nSPS) is 15.1. The third-order valence-corrected chi connectivity index (χ3v) is 5.74. The fourth-order valence-corrected chi connectivity index (χ4v) is 4.01. The molecule has 0 aliphatic carbocycles. The van der Waals surface area contributed by atoms with Crippen molar-refractivity contribution < 1.29 is 19.1 Å². The number of hydrogen-bond acceptors (Lipinski definition) is 6. The summed E-state index contributed by atoms with van der Waals surface area (Å²) in [5.74, 6) is -0.0888. The number of rotatable bonds is 7. The van der Waals surface area contributed by atoms with Crippen molar-refractivity contribution in [1.82, 2.24) is 4.90 Å². The smallest absolute Gasteiger partial charge is 0.326 e. The first-order valence-electron chi connectivity index (χ1n) is 8.85. The first-order chi connectivity index (χ1) is 14.0. The third kappa shape index (κ3) is 5.59. The predicted molar refractivity (Wildman–Crippen MR) is 119 cm³/mol. The number of carbonyl (C=O) groups is 2. The Bertz CT molecular complexity index is 959. The molecule has 0 spiro atoms. The zero-order valence-corrected chi connectivity index (χ0v) is 18.0. The second kappa shape index (κ2) is 9.91. The molecule has 0 N–H and O–H groups in total. The van der Waals surface area contributed by atoms with Gasteiger partial charge < -0.3 is 9.47 Å². The van der Waals surface area contributed by atoms with E-state index in [-0.39, 0.29) is 19.1 Å². The minimum Gasteiger partial charge on any atom is -0.489 e. The lowest BCUT2D eigenvalue weighted by Gasteiger charge is -2.12. The van der Waals surface area contributed by atoms with Crippen molar-refractivity contribution in [3.05, 3.63) is 69.6 Å². The molecule has 0 unspecified atom stereocenters. The van der Waals surface area contributed by atoms with Crippen LogP contribution in [0.15, 0.2) is 53.4 Å². The van der Waals surface area contributed by atoms with Crippen molar-refractivity contribution in [2.24, 2.45) is 0 Å². The van der Waals surface area contributed by atoms with Crippen LogP contribution in [0.25, 0.3) is 6.08 Å². The van der Waals surface area contributed by atoms with E-state index < -0.39 is 5.97 Å². The fraction of sp³-hybridized carbons (Fsp3) is 0.190. The topological polar surface area (TPSA) is 55.8 Å². The standard InChI is InChI=1S/C21H18ClNO4S2/c1-2-26-19(24)12-23-20(25)18(29-21(23)28)11-14-7-9-16(10-8-14)27-13-15-5-3-4-6-17(15)22/h3-11H,2,12-13H2,1H3. The van der Waals surface area contributed by atoms with Crippen molar-refractivity contribution >= 4 is 57.9 Å². The van der Waals surface area contributed by atoms with E-state index in [0.717, 1.165) is 11.1 Å². The average molecular weight is 448 g/mol. The molecule has 3 rings (SSSR count). The summed E-state index contributed by atoms with van der Waals surface area (Å²) in [4.78, 5) is 25.9. The summed E-state index contributed by atoms with van der Waals surface area (Å²) in [7, 11) is 0. The number of halogens is 1. The van der Waals surface area contributed by atoms with Crippen LogP contribution in [0.4, 0.5) is 0 Å². The highest BCUT2D eigenvalue weighted by Gasteiger charge is 2.33. The zero-order valence-electron chi connectivity index (χ0n) is 15.6. The number of esters is 1. The Hall–Kier alpha value is -2.35. The highest BCUT2D eigenvalue weighted by molar-refractivity contribution is 8.26. The van der Waals surface area contributed by atoms with E-state index in [1.165, 1.54) is 16.7 Å². The maximum Gasteiger partial charge on any atom is 0.326 e. The Morgan fingerprint density at radius 2 is 1.93 bits per heavy atom. The van der Waals surface area contributed by atoms with E-state index >= 15 is 0 Å². The van der Waals surface area contributed by atoms with Crippen molar-refractivity contribution in [2.45, 2.75) is 13.5 Å². The van der Waals surface area contributed by atoms with Gasteiger partial charge in [0.1, 0.15) is 23.2 Å². The Morgan fingerprint density at radius 1 is 1.21 bits per heavy atom. The number of ether oxygens (including phenoxy) is 2. The van der Waals surface area contributed by atoms with Gasteiger partial charge in [0.05, 0.1) is 11.5 Å². The van der Waals surface area contributed by atoms with Gasteiger partial charge in [-0.2, -0.15) is 0 Å². The number of amides is 1. The third-order valence-electron chi connectivity index (χ3n) is 4.00. The molecule has 2 aromatic carbocycles. The summed E-state index contributed by atoms with van der Waals surface area (Å²) in [6.07, 6.45) is 1.74. The monoisotopic (exact) mass is 447 g/mol. The van der Waals surface area contributed by atoms with Crippen LogP contribution in [-0.2, 0) is 20.9 Å². The fourth-order valence-electron chi connectivity index (χ4n) is 2.56. The van der Waals surface area contributed by atoms with E-state index in [1.807, 2.05) is 48.5 Å². The lowest BCUT2D eigenvalue weighted by molar-refractivity contribution is -0.145. The van der Waals surface area contributed by atoms with Crippen LogP contribution < -0.4 is 4.74 Å². The molecule has 0 bridgehead atoms. The minimum absolute atomic E-state index is 0.176. The van der Waals surface area contributed by atoms with Crippen LogP contribution in [0.5, 0.6) is 5.75 Å². The van der Waals surface area contributed by atoms with Gasteiger partial charge >= 0.3 is 5.97 Å². The van der Waals surface area contributed by atoms with Gasteiger partial charge in [0.2, 0.25) is 0 Å². The van der Waals surface area contributed by atoms with E-state index in [0.29, 0.717) is 26.6 Å². The molecule has 1 aliphatic heterocycles. The highest BCUT2D eigenvalue weighted by Crippen LogP contribution is 2.32. The summed E-state index contributed by atoms with van der Waals surface area (Å²) in [5.41, 5.74) is 1.73. The Balaban J connectivity index is 1.63. The van der Waals surface area contributed by atoms with Gasteiger partial charge in [0.15, 0.2) is 0 Å². The van der Waals surface area contributed by atoms with Gasteiger partial charge in [-0.15, -0.1) is 0 Å². The molecule has 150 valence electrons. The SMILES string of the molecule is CCOC(=O)CN1C(=O)C(=Cc2ccc(OCc3ccccc3Cl)cc2)SC1=S. The molecular weight excluding hydrogens is 430 g/mol. The Morgan fingerprint density at radius 3 is 2.62 bits per heavy atom. The van der Waals surface area contributed by atoms with E-state index in [4.69, 9.17) is 33.3 Å². The Kier molecular flexibility index (Phi) is 7.30. The van der Waals surface area contributed by atoms with Crippen molar-refractivity contribution in [3.63, 3.8) is 0 Å². The molecule has 2 aromatic rings. The number of hydrogen-bond donors (Lipinski definition) is 0. The summed E-state index contributed by atoms with van der Waals surface area (Å²) >= 11 is 12.5. The van der Waals surface area contributed by atoms with Gasteiger partial charge in [-0.1, -0.05) is 65.9 Å². The van der Waals surface area contributed by atoms with Crippen LogP contribution in [-0.4, -0.2) is 34.2 Å². The summed E-state index contributed by atoms with van der Waals surface area (Å²) in [6.45, 7) is 2.16. The Labute approximate surface area is 183 Å². The van der Waals surface area contributed by atoms with E-state index in [9.17, 15) is 9.59 Å². The van der Waals surface area contributed by atoms with Gasteiger partial charge in [0, 0.05) is 10.6 Å². The number of thiocarbonyl (C=S) groups is 1. The van der Waals surface area contributed by atoms with Crippen LogP contribution >= 0.6 is 35.6 Å². The lowest BCUT2D eigenvalue weighted by atomic mass is 10.2. The molecule has 5 nitrogen and oxygen atoms in total. The molecular formula is C21H18ClNO4S2.